The van der Waals surface area contributed by atoms with Gasteiger partial charge in [0.15, 0.2) is 0 Å². The summed E-state index contributed by atoms with van der Waals surface area (Å²) < 4.78 is 41.0. The first-order valence-electron chi connectivity index (χ1n) is 13.1. The maximum atomic E-state index is 12.0. The minimum atomic E-state index is -2.68. The molecular formula is C23H51NO8Si2. The van der Waals surface area contributed by atoms with Crippen LogP contribution in [0, 0.1) is 0 Å². The van der Waals surface area contributed by atoms with E-state index in [0.29, 0.717) is 59.2 Å². The van der Waals surface area contributed by atoms with Crippen molar-refractivity contribution in [3.8, 4) is 0 Å². The van der Waals surface area contributed by atoms with Gasteiger partial charge in [-0.2, -0.15) is 0 Å². The normalized spacial score (nSPS) is 12.5. The van der Waals surface area contributed by atoms with Crippen LogP contribution in [0.2, 0.25) is 12.1 Å². The molecule has 0 saturated heterocycles. The Balaban J connectivity index is 5.12. The van der Waals surface area contributed by atoms with Gasteiger partial charge < -0.3 is 36.2 Å². The second-order valence-corrected chi connectivity index (χ2v) is 13.0. The summed E-state index contributed by atoms with van der Waals surface area (Å²) in [6, 6.07) is 1.49. The van der Waals surface area contributed by atoms with Crippen LogP contribution in [0.25, 0.3) is 0 Å². The first-order valence-corrected chi connectivity index (χ1v) is 17.0. The van der Waals surface area contributed by atoms with Gasteiger partial charge in [-0.3, -0.25) is 4.79 Å². The molecule has 11 heteroatoms. The van der Waals surface area contributed by atoms with E-state index in [4.69, 9.17) is 31.3 Å². The smallest absolute Gasteiger partial charge is 0.466 e. The molecule has 0 aliphatic carbocycles. The van der Waals surface area contributed by atoms with E-state index in [1.165, 1.54) is 0 Å². The first-order chi connectivity index (χ1) is 16.4. The zero-order chi connectivity index (χ0) is 25.7. The molecule has 34 heavy (non-hydrogen) atoms. The van der Waals surface area contributed by atoms with Crippen molar-refractivity contribution in [3.63, 3.8) is 0 Å². The van der Waals surface area contributed by atoms with Crippen molar-refractivity contribution in [2.24, 2.45) is 0 Å². The summed E-state index contributed by atoms with van der Waals surface area (Å²) in [6.07, 6.45) is 2.09. The molecule has 0 aliphatic heterocycles. The fraction of sp³-hybridized carbons (Fsp3) is 0.957. The molecule has 0 saturated carbocycles. The second kappa shape index (κ2) is 20.8. The van der Waals surface area contributed by atoms with Crippen molar-refractivity contribution >= 4 is 23.6 Å². The minimum absolute atomic E-state index is 0.171. The lowest BCUT2D eigenvalue weighted by Gasteiger charge is -2.31. The van der Waals surface area contributed by atoms with E-state index >= 15 is 0 Å². The van der Waals surface area contributed by atoms with Gasteiger partial charge in [0, 0.05) is 58.3 Å². The molecule has 0 bridgehead atoms. The van der Waals surface area contributed by atoms with Crippen LogP contribution in [0.15, 0.2) is 0 Å². The molecule has 0 radical (unpaired) electrons. The molecule has 0 rings (SSSR count). The third-order valence-electron chi connectivity index (χ3n) is 5.04. The van der Waals surface area contributed by atoms with E-state index < -0.39 is 17.6 Å². The van der Waals surface area contributed by atoms with Gasteiger partial charge in [-0.1, -0.05) is 0 Å². The number of nitrogens with zero attached hydrogens (tertiary/aromatic N) is 1. The third kappa shape index (κ3) is 14.2. The summed E-state index contributed by atoms with van der Waals surface area (Å²) in [6.45, 7) is 19.7. The molecule has 0 fully saturated rings. The van der Waals surface area contributed by atoms with Crippen LogP contribution in [-0.4, -0.2) is 94.4 Å². The topological polar surface area (TPSA) is 84.9 Å². The molecular weight excluding hydrogens is 474 g/mol. The second-order valence-electron chi connectivity index (χ2n) is 7.57. The maximum absolute atomic E-state index is 12.0. The quantitative estimate of drug-likeness (QED) is 0.136. The SMILES string of the molecule is CCOC(=O)CCN(CCC[Si](OCC)(OCC)OCC)CCC[Si](OCC)(OCC)OCC. The Morgan fingerprint density at radius 2 is 0.912 bits per heavy atom. The molecule has 0 atom stereocenters. The zero-order valence-electron chi connectivity index (χ0n) is 22.8. The molecule has 0 aromatic carbocycles. The van der Waals surface area contributed by atoms with Crippen molar-refractivity contribution in [2.45, 2.75) is 79.8 Å². The predicted molar refractivity (Wildman–Crippen MR) is 138 cm³/mol. The van der Waals surface area contributed by atoms with Crippen LogP contribution in [0.1, 0.15) is 67.7 Å². The summed E-state index contributed by atoms with van der Waals surface area (Å²) in [5.74, 6) is -0.171. The number of ether oxygens (including phenoxy) is 1. The van der Waals surface area contributed by atoms with Gasteiger partial charge in [0.1, 0.15) is 0 Å². The Hall–Kier alpha value is -0.376. The highest BCUT2D eigenvalue weighted by Gasteiger charge is 2.41. The summed E-state index contributed by atoms with van der Waals surface area (Å²) in [4.78, 5) is 14.3. The monoisotopic (exact) mass is 525 g/mol. The molecule has 0 unspecified atom stereocenters. The Bertz CT molecular complexity index is 436. The van der Waals surface area contributed by atoms with Crippen molar-refractivity contribution in [2.75, 3.05) is 65.9 Å². The number of hydrogen-bond donors (Lipinski definition) is 0. The molecule has 0 amide bonds. The van der Waals surface area contributed by atoms with E-state index in [0.717, 1.165) is 38.0 Å². The van der Waals surface area contributed by atoms with Gasteiger partial charge in [-0.05, 0) is 74.4 Å². The van der Waals surface area contributed by atoms with Gasteiger partial charge >= 0.3 is 23.6 Å². The molecule has 0 aliphatic rings. The van der Waals surface area contributed by atoms with Gasteiger partial charge in [-0.25, -0.2) is 0 Å². The molecule has 0 aromatic heterocycles. The summed E-state index contributed by atoms with van der Waals surface area (Å²) >= 11 is 0. The van der Waals surface area contributed by atoms with Crippen LogP contribution < -0.4 is 0 Å². The van der Waals surface area contributed by atoms with E-state index in [2.05, 4.69) is 4.90 Å². The molecule has 9 nitrogen and oxygen atoms in total. The number of rotatable bonds is 24. The lowest BCUT2D eigenvalue weighted by molar-refractivity contribution is -0.143. The van der Waals surface area contributed by atoms with E-state index in [9.17, 15) is 4.79 Å². The number of hydrogen-bond acceptors (Lipinski definition) is 9. The highest BCUT2D eigenvalue weighted by molar-refractivity contribution is 6.61. The van der Waals surface area contributed by atoms with Crippen molar-refractivity contribution in [1.82, 2.24) is 4.90 Å². The average molecular weight is 526 g/mol. The summed E-state index contributed by atoms with van der Waals surface area (Å²) in [5.41, 5.74) is 0. The minimum Gasteiger partial charge on any atom is -0.466 e. The number of esters is 1. The van der Waals surface area contributed by atoms with Crippen molar-refractivity contribution in [3.05, 3.63) is 0 Å². The van der Waals surface area contributed by atoms with E-state index in [-0.39, 0.29) is 5.97 Å². The first kappa shape index (κ1) is 33.6. The van der Waals surface area contributed by atoms with Crippen LogP contribution >= 0.6 is 0 Å². The third-order valence-corrected chi connectivity index (χ3v) is 11.3. The predicted octanol–water partition coefficient (Wildman–Crippen LogP) is 4.12. The average Bonchev–Trinajstić information content (AvgIpc) is 2.78. The van der Waals surface area contributed by atoms with Crippen LogP contribution in [0.4, 0.5) is 0 Å². The lowest BCUT2D eigenvalue weighted by Crippen LogP contribution is -2.47. The van der Waals surface area contributed by atoms with E-state index in [1.54, 1.807) is 0 Å². The Morgan fingerprint density at radius 1 is 0.559 bits per heavy atom. The molecule has 0 aromatic rings. The summed E-state index contributed by atoms with van der Waals surface area (Å²) in [5, 5.41) is 0. The standard InChI is InChI=1S/C23H51NO8Si2/c1-8-26-23(25)17-20-24(18-15-21-33(27-9-2,28-10-3)29-11-4)19-16-22-34(30-12-5,31-13-6)32-14-7/h8-22H2,1-7H3. The van der Waals surface area contributed by atoms with Crippen molar-refractivity contribution in [1.29, 1.82) is 0 Å². The van der Waals surface area contributed by atoms with Crippen LogP contribution in [0.3, 0.4) is 0 Å². The maximum Gasteiger partial charge on any atom is 0.500 e. The number of carbonyl (C=O) groups is 1. The molecule has 0 N–H and O–H groups in total. The van der Waals surface area contributed by atoms with Gasteiger partial charge in [0.05, 0.1) is 13.0 Å². The van der Waals surface area contributed by atoms with Gasteiger partial charge in [0.2, 0.25) is 0 Å². The highest BCUT2D eigenvalue weighted by Crippen LogP contribution is 2.21. The fourth-order valence-corrected chi connectivity index (χ4v) is 9.05. The molecule has 204 valence electrons. The van der Waals surface area contributed by atoms with Crippen molar-refractivity contribution < 1.29 is 36.1 Å². The molecule has 0 spiro atoms. The summed E-state index contributed by atoms with van der Waals surface area (Å²) in [7, 11) is -5.37. The Kier molecular flexibility index (Phi) is 20.6. The molecule has 0 heterocycles. The number of carbonyl (C=O) groups excluding carboxylic acids is 1. The zero-order valence-corrected chi connectivity index (χ0v) is 24.8. The largest absolute Gasteiger partial charge is 0.500 e. The Morgan fingerprint density at radius 3 is 1.21 bits per heavy atom. The van der Waals surface area contributed by atoms with Crippen LogP contribution in [0.5, 0.6) is 0 Å². The van der Waals surface area contributed by atoms with Crippen LogP contribution in [-0.2, 0) is 36.1 Å². The Labute approximate surface area is 210 Å². The lowest BCUT2D eigenvalue weighted by atomic mass is 10.3. The fourth-order valence-electron chi connectivity index (χ4n) is 3.86. The van der Waals surface area contributed by atoms with Gasteiger partial charge in [0.25, 0.3) is 0 Å². The van der Waals surface area contributed by atoms with E-state index in [1.807, 2.05) is 48.5 Å². The highest BCUT2D eigenvalue weighted by atomic mass is 28.4. The van der Waals surface area contributed by atoms with Gasteiger partial charge in [-0.15, -0.1) is 0 Å².